The Hall–Kier alpha value is -4.07. The third-order valence-corrected chi connectivity index (χ3v) is 6.19. The summed E-state index contributed by atoms with van der Waals surface area (Å²) in [4.78, 5) is 24.2. The van der Waals surface area contributed by atoms with Crippen LogP contribution in [0.25, 0.3) is 22.0 Å². The van der Waals surface area contributed by atoms with Gasteiger partial charge in [-0.15, -0.1) is 13.2 Å². The van der Waals surface area contributed by atoms with E-state index in [1.807, 2.05) is 16.7 Å². The van der Waals surface area contributed by atoms with E-state index in [4.69, 9.17) is 4.74 Å². The Kier molecular flexibility index (Phi) is 7.35. The number of ether oxygens (including phenoxy) is 2. The number of esters is 1. The number of carbonyl (C=O) groups is 2. The fourth-order valence-electron chi connectivity index (χ4n) is 4.11. The summed E-state index contributed by atoms with van der Waals surface area (Å²) in [5.41, 5.74) is 4.40. The molecule has 0 saturated carbocycles. The fourth-order valence-corrected chi connectivity index (χ4v) is 4.11. The molecule has 0 atom stereocenters. The summed E-state index contributed by atoms with van der Waals surface area (Å²) in [5, 5.41) is 0.599. The Labute approximate surface area is 218 Å². The van der Waals surface area contributed by atoms with Crippen LogP contribution < -0.4 is 9.47 Å². The highest BCUT2D eigenvalue weighted by Crippen LogP contribution is 2.34. The van der Waals surface area contributed by atoms with E-state index in [2.05, 4.69) is 49.8 Å². The molecular formula is C30H28F3NO4. The van der Waals surface area contributed by atoms with Crippen molar-refractivity contribution in [3.8, 4) is 22.6 Å². The van der Waals surface area contributed by atoms with E-state index < -0.39 is 18.1 Å². The highest BCUT2D eigenvalue weighted by atomic mass is 19.4. The van der Waals surface area contributed by atoms with Crippen LogP contribution in [-0.2, 0) is 21.5 Å². The molecule has 3 aromatic carbocycles. The Morgan fingerprint density at radius 3 is 2.08 bits per heavy atom. The third-order valence-electron chi connectivity index (χ3n) is 6.19. The summed E-state index contributed by atoms with van der Waals surface area (Å²) in [6.45, 7) is 8.53. The quantitative estimate of drug-likeness (QED) is 0.187. The van der Waals surface area contributed by atoms with Gasteiger partial charge < -0.3 is 14.0 Å². The van der Waals surface area contributed by atoms with Crippen LogP contribution in [0.2, 0.25) is 0 Å². The Bertz CT molecular complexity index is 1460. The molecule has 38 heavy (non-hydrogen) atoms. The van der Waals surface area contributed by atoms with E-state index in [0.29, 0.717) is 23.1 Å². The van der Waals surface area contributed by atoms with Gasteiger partial charge in [0.1, 0.15) is 5.75 Å². The Balaban J connectivity index is 1.71. The number of carbonyl (C=O) groups excluding carboxylic acids is 2. The van der Waals surface area contributed by atoms with Crippen molar-refractivity contribution in [2.24, 2.45) is 0 Å². The van der Waals surface area contributed by atoms with Gasteiger partial charge in [0.15, 0.2) is 5.75 Å². The van der Waals surface area contributed by atoms with Gasteiger partial charge in [-0.3, -0.25) is 4.79 Å². The standard InChI is InChI=1S/C30H28F3NO4/c1-5-26(35)28(36)37-27-18-34(17-19-6-11-22(12-7-19)29(2,3)4)25-15-10-21(16-24(25)27)20-8-13-23(14-9-20)38-30(31,32)33/h6-16,18H,5,17H2,1-4H3. The molecule has 4 aromatic rings. The molecule has 0 aliphatic heterocycles. The van der Waals surface area contributed by atoms with Gasteiger partial charge in [-0.05, 0) is 51.9 Å². The lowest BCUT2D eigenvalue weighted by molar-refractivity contribution is -0.274. The summed E-state index contributed by atoms with van der Waals surface area (Å²) >= 11 is 0. The summed E-state index contributed by atoms with van der Waals surface area (Å²) < 4.78 is 48.9. The second-order valence-electron chi connectivity index (χ2n) is 10.0. The van der Waals surface area contributed by atoms with E-state index in [0.717, 1.165) is 11.1 Å². The average molecular weight is 524 g/mol. The van der Waals surface area contributed by atoms with Crippen molar-refractivity contribution in [3.05, 3.63) is 84.1 Å². The molecule has 5 nitrogen and oxygen atoms in total. The first-order valence-electron chi connectivity index (χ1n) is 12.2. The van der Waals surface area contributed by atoms with Crippen molar-refractivity contribution in [2.45, 2.75) is 52.4 Å². The summed E-state index contributed by atoms with van der Waals surface area (Å²) in [5.74, 6) is -1.67. The number of ketones is 1. The lowest BCUT2D eigenvalue weighted by Gasteiger charge is -2.19. The maximum Gasteiger partial charge on any atom is 0.573 e. The van der Waals surface area contributed by atoms with E-state index in [9.17, 15) is 22.8 Å². The zero-order valence-electron chi connectivity index (χ0n) is 21.6. The van der Waals surface area contributed by atoms with Gasteiger partial charge in [0.25, 0.3) is 0 Å². The second-order valence-corrected chi connectivity index (χ2v) is 10.0. The minimum absolute atomic E-state index is 0.0230. The van der Waals surface area contributed by atoms with Crippen LogP contribution >= 0.6 is 0 Å². The van der Waals surface area contributed by atoms with Crippen LogP contribution in [0.1, 0.15) is 45.2 Å². The SMILES string of the molecule is CCC(=O)C(=O)Oc1cn(Cc2ccc(C(C)(C)C)cc2)c2ccc(-c3ccc(OC(F)(F)F)cc3)cc12. The predicted octanol–water partition coefficient (Wildman–Crippen LogP) is 7.44. The molecule has 0 aliphatic carbocycles. The van der Waals surface area contributed by atoms with Gasteiger partial charge >= 0.3 is 12.3 Å². The first-order chi connectivity index (χ1) is 17.8. The topological polar surface area (TPSA) is 57.5 Å². The summed E-state index contributed by atoms with van der Waals surface area (Å²) in [6.07, 6.45) is -3.06. The number of hydrogen-bond donors (Lipinski definition) is 0. The molecule has 4 rings (SSSR count). The van der Waals surface area contributed by atoms with Crippen molar-refractivity contribution < 1.29 is 32.2 Å². The molecule has 0 unspecified atom stereocenters. The molecule has 1 aromatic heterocycles. The largest absolute Gasteiger partial charge is 0.573 e. The van der Waals surface area contributed by atoms with Crippen LogP contribution in [0.15, 0.2) is 72.9 Å². The smallest absolute Gasteiger partial charge is 0.418 e. The average Bonchev–Trinajstić information content (AvgIpc) is 3.18. The molecule has 0 N–H and O–H groups in total. The molecule has 0 amide bonds. The second kappa shape index (κ2) is 10.4. The monoisotopic (exact) mass is 523 g/mol. The number of fused-ring (bicyclic) bond motifs is 1. The molecular weight excluding hydrogens is 495 g/mol. The van der Waals surface area contributed by atoms with Crippen molar-refractivity contribution in [3.63, 3.8) is 0 Å². The van der Waals surface area contributed by atoms with Crippen LogP contribution in [0.3, 0.4) is 0 Å². The number of aromatic nitrogens is 1. The highest BCUT2D eigenvalue weighted by Gasteiger charge is 2.31. The maximum atomic E-state index is 12.5. The van der Waals surface area contributed by atoms with E-state index in [1.165, 1.54) is 29.8 Å². The molecule has 8 heteroatoms. The Morgan fingerprint density at radius 2 is 1.50 bits per heavy atom. The normalized spacial score (nSPS) is 12.0. The van der Waals surface area contributed by atoms with Gasteiger partial charge in [-0.2, -0.15) is 0 Å². The lowest BCUT2D eigenvalue weighted by atomic mass is 9.87. The van der Waals surface area contributed by atoms with Crippen LogP contribution in [0.4, 0.5) is 13.2 Å². The molecule has 0 bridgehead atoms. The minimum atomic E-state index is -4.77. The fraction of sp³-hybridized carbons (Fsp3) is 0.267. The van der Waals surface area contributed by atoms with Crippen LogP contribution in [0, 0.1) is 0 Å². The van der Waals surface area contributed by atoms with Crippen molar-refractivity contribution in [1.82, 2.24) is 4.57 Å². The molecule has 0 aliphatic rings. The van der Waals surface area contributed by atoms with Gasteiger partial charge in [-0.25, -0.2) is 4.79 Å². The lowest BCUT2D eigenvalue weighted by Crippen LogP contribution is -2.19. The van der Waals surface area contributed by atoms with Crippen molar-refractivity contribution >= 4 is 22.7 Å². The molecule has 198 valence electrons. The van der Waals surface area contributed by atoms with Gasteiger partial charge in [0, 0.05) is 24.5 Å². The number of rotatable bonds is 7. The van der Waals surface area contributed by atoms with Crippen LogP contribution in [0.5, 0.6) is 11.5 Å². The summed E-state index contributed by atoms with van der Waals surface area (Å²) in [7, 11) is 0. The molecule has 0 spiro atoms. The number of Topliss-reactive ketones (excluding diaryl/α,β-unsaturated/α-hetero) is 1. The number of benzene rings is 3. The molecule has 1 heterocycles. The zero-order valence-corrected chi connectivity index (χ0v) is 21.6. The molecule has 0 fully saturated rings. The molecule has 0 radical (unpaired) electrons. The third kappa shape index (κ3) is 6.25. The first kappa shape index (κ1) is 27.0. The summed E-state index contributed by atoms with van der Waals surface area (Å²) in [6, 6.07) is 19.3. The van der Waals surface area contributed by atoms with E-state index in [1.54, 1.807) is 19.2 Å². The number of nitrogens with zero attached hydrogens (tertiary/aromatic N) is 1. The number of halogens is 3. The van der Waals surface area contributed by atoms with Gasteiger partial charge in [0.05, 0.1) is 5.52 Å². The highest BCUT2D eigenvalue weighted by molar-refractivity contribution is 6.34. The van der Waals surface area contributed by atoms with Gasteiger partial charge in [-0.1, -0.05) is 70.2 Å². The van der Waals surface area contributed by atoms with Crippen molar-refractivity contribution in [2.75, 3.05) is 0 Å². The predicted molar refractivity (Wildman–Crippen MR) is 139 cm³/mol. The first-order valence-corrected chi connectivity index (χ1v) is 12.2. The number of alkyl halides is 3. The number of hydrogen-bond acceptors (Lipinski definition) is 4. The molecule has 0 saturated heterocycles. The zero-order chi connectivity index (χ0) is 27.7. The van der Waals surface area contributed by atoms with E-state index in [-0.39, 0.29) is 23.3 Å². The minimum Gasteiger partial charge on any atom is -0.418 e. The van der Waals surface area contributed by atoms with Gasteiger partial charge in [0.2, 0.25) is 5.78 Å². The van der Waals surface area contributed by atoms with E-state index >= 15 is 0 Å². The maximum absolute atomic E-state index is 12.5. The van der Waals surface area contributed by atoms with Crippen molar-refractivity contribution in [1.29, 1.82) is 0 Å². The Morgan fingerprint density at radius 1 is 0.868 bits per heavy atom. The van der Waals surface area contributed by atoms with Crippen LogP contribution in [-0.4, -0.2) is 22.7 Å².